The van der Waals surface area contributed by atoms with Crippen LogP contribution in [-0.2, 0) is 11.2 Å². The maximum atomic E-state index is 12.4. The number of amides is 1. The highest BCUT2D eigenvalue weighted by Gasteiger charge is 2.27. The normalized spacial score (nSPS) is 22.1. The summed E-state index contributed by atoms with van der Waals surface area (Å²) in [6.45, 7) is 7.16. The zero-order chi connectivity index (χ0) is 17.1. The summed E-state index contributed by atoms with van der Waals surface area (Å²) in [5.74, 6) is 0.171. The first kappa shape index (κ1) is 17.4. The number of hydrogen-bond acceptors (Lipinski definition) is 3. The molecule has 0 radical (unpaired) electrons. The van der Waals surface area contributed by atoms with Crippen LogP contribution in [0.15, 0.2) is 24.3 Å². The Morgan fingerprint density at radius 2 is 1.96 bits per heavy atom. The molecule has 1 aliphatic carbocycles. The van der Waals surface area contributed by atoms with E-state index < -0.39 is 0 Å². The van der Waals surface area contributed by atoms with Crippen molar-refractivity contribution in [2.75, 3.05) is 26.7 Å². The van der Waals surface area contributed by atoms with Gasteiger partial charge in [0.25, 0.3) is 0 Å². The van der Waals surface area contributed by atoms with Crippen molar-refractivity contribution in [2.45, 2.75) is 57.7 Å². The number of aryl methyl sites for hydroxylation is 1. The number of carbonyl (C=O) groups excluding carboxylic acids is 1. The molecule has 1 aromatic rings. The van der Waals surface area contributed by atoms with Crippen LogP contribution in [0.1, 0.15) is 50.3 Å². The summed E-state index contributed by atoms with van der Waals surface area (Å²) in [6.07, 6.45) is 4.39. The molecule has 4 nitrogen and oxygen atoms in total. The molecule has 0 bridgehead atoms. The quantitative estimate of drug-likeness (QED) is 0.902. The van der Waals surface area contributed by atoms with E-state index in [9.17, 15) is 4.79 Å². The number of likely N-dealkylation sites (tertiary alicyclic amines) is 1. The van der Waals surface area contributed by atoms with E-state index in [0.29, 0.717) is 24.7 Å². The summed E-state index contributed by atoms with van der Waals surface area (Å²) in [5.41, 5.74) is 2.84. The molecule has 0 aromatic heterocycles. The number of likely N-dealkylation sites (N-methyl/N-ethyl adjacent to an activating group) is 1. The maximum Gasteiger partial charge on any atom is 0.234 e. The minimum absolute atomic E-state index is 0.171. The van der Waals surface area contributed by atoms with Gasteiger partial charge in [-0.05, 0) is 57.7 Å². The Labute approximate surface area is 146 Å². The minimum Gasteiger partial charge on any atom is -0.352 e. The average Bonchev–Trinajstić information content (AvgIpc) is 2.99. The van der Waals surface area contributed by atoms with Crippen molar-refractivity contribution < 1.29 is 4.79 Å². The molecule has 1 saturated heterocycles. The number of hydrogen-bond donors (Lipinski definition) is 1. The lowest BCUT2D eigenvalue weighted by molar-refractivity contribution is -0.123. The molecule has 1 fully saturated rings. The van der Waals surface area contributed by atoms with E-state index in [1.54, 1.807) is 0 Å². The van der Waals surface area contributed by atoms with Crippen LogP contribution in [0.3, 0.4) is 0 Å². The van der Waals surface area contributed by atoms with Crippen LogP contribution in [0.4, 0.5) is 0 Å². The molecule has 1 amide bonds. The second-order valence-corrected chi connectivity index (χ2v) is 7.64. The first-order chi connectivity index (χ1) is 11.5. The Kier molecular flexibility index (Phi) is 5.57. The number of rotatable bonds is 5. The van der Waals surface area contributed by atoms with Gasteiger partial charge >= 0.3 is 0 Å². The average molecular weight is 329 g/mol. The standard InChI is InChI=1S/C20H31N3O/c1-15(2)23-12-10-17(11-13-23)21-20(24)14-22(3)19-9-8-16-6-4-5-7-18(16)19/h4-7,15,17,19H,8-14H2,1-3H3,(H,21,24). The molecule has 1 unspecified atom stereocenters. The van der Waals surface area contributed by atoms with Gasteiger partial charge < -0.3 is 10.2 Å². The highest BCUT2D eigenvalue weighted by molar-refractivity contribution is 5.78. The number of fused-ring (bicyclic) bond motifs is 1. The summed E-state index contributed by atoms with van der Waals surface area (Å²) in [5, 5.41) is 3.25. The van der Waals surface area contributed by atoms with Gasteiger partial charge in [-0.2, -0.15) is 0 Å². The predicted octanol–water partition coefficient (Wildman–Crippen LogP) is 2.59. The van der Waals surface area contributed by atoms with Crippen molar-refractivity contribution in [1.82, 2.24) is 15.1 Å². The molecule has 0 saturated carbocycles. The van der Waals surface area contributed by atoms with Gasteiger partial charge in [0.1, 0.15) is 0 Å². The predicted molar refractivity (Wildman–Crippen MR) is 98.0 cm³/mol. The third-order valence-electron chi connectivity index (χ3n) is 5.65. The minimum atomic E-state index is 0.171. The molecule has 1 aliphatic heterocycles. The summed E-state index contributed by atoms with van der Waals surface area (Å²) in [6, 6.07) is 9.97. The Morgan fingerprint density at radius 1 is 1.25 bits per heavy atom. The van der Waals surface area contributed by atoms with E-state index >= 15 is 0 Å². The number of piperidine rings is 1. The Bertz CT molecular complexity index is 564. The highest BCUT2D eigenvalue weighted by Crippen LogP contribution is 2.34. The molecule has 1 aromatic carbocycles. The largest absolute Gasteiger partial charge is 0.352 e. The SMILES string of the molecule is CC(C)N1CCC(NC(=O)CN(C)C2CCc3ccccc32)CC1. The summed E-state index contributed by atoms with van der Waals surface area (Å²) < 4.78 is 0. The van der Waals surface area contributed by atoms with Crippen molar-refractivity contribution in [1.29, 1.82) is 0 Å². The molecule has 3 rings (SSSR count). The van der Waals surface area contributed by atoms with Gasteiger partial charge in [-0.3, -0.25) is 9.69 Å². The smallest absolute Gasteiger partial charge is 0.234 e. The second-order valence-electron chi connectivity index (χ2n) is 7.64. The van der Waals surface area contributed by atoms with Crippen molar-refractivity contribution >= 4 is 5.91 Å². The van der Waals surface area contributed by atoms with Crippen molar-refractivity contribution in [2.24, 2.45) is 0 Å². The van der Waals surface area contributed by atoms with Gasteiger partial charge in [-0.1, -0.05) is 24.3 Å². The Balaban J connectivity index is 1.47. The zero-order valence-electron chi connectivity index (χ0n) is 15.3. The van der Waals surface area contributed by atoms with Crippen LogP contribution in [0.5, 0.6) is 0 Å². The molecular formula is C20H31N3O. The fraction of sp³-hybridized carbons (Fsp3) is 0.650. The van der Waals surface area contributed by atoms with Gasteiger partial charge in [0.05, 0.1) is 6.54 Å². The highest BCUT2D eigenvalue weighted by atomic mass is 16.2. The van der Waals surface area contributed by atoms with Crippen LogP contribution >= 0.6 is 0 Å². The lowest BCUT2D eigenvalue weighted by atomic mass is 10.0. The van der Waals surface area contributed by atoms with E-state index in [1.165, 1.54) is 11.1 Å². The van der Waals surface area contributed by atoms with Crippen molar-refractivity contribution in [3.8, 4) is 0 Å². The fourth-order valence-electron chi connectivity index (χ4n) is 4.16. The number of benzene rings is 1. The Morgan fingerprint density at radius 3 is 2.67 bits per heavy atom. The summed E-state index contributed by atoms with van der Waals surface area (Å²) in [4.78, 5) is 17.1. The molecule has 0 spiro atoms. The van der Waals surface area contributed by atoms with E-state index in [2.05, 4.69) is 60.3 Å². The number of nitrogens with zero attached hydrogens (tertiary/aromatic N) is 2. The van der Waals surface area contributed by atoms with Crippen molar-refractivity contribution in [3.05, 3.63) is 35.4 Å². The molecule has 1 N–H and O–H groups in total. The monoisotopic (exact) mass is 329 g/mol. The third-order valence-corrected chi connectivity index (χ3v) is 5.65. The van der Waals surface area contributed by atoms with Crippen molar-refractivity contribution in [3.63, 3.8) is 0 Å². The van der Waals surface area contributed by atoms with Crippen LogP contribution in [0.2, 0.25) is 0 Å². The number of carbonyl (C=O) groups is 1. The molecule has 4 heteroatoms. The lowest BCUT2D eigenvalue weighted by Gasteiger charge is -2.35. The molecule has 132 valence electrons. The second kappa shape index (κ2) is 7.66. The Hall–Kier alpha value is -1.39. The van der Waals surface area contributed by atoms with Crippen LogP contribution in [0, 0.1) is 0 Å². The fourth-order valence-corrected chi connectivity index (χ4v) is 4.16. The van der Waals surface area contributed by atoms with Crippen LogP contribution in [0.25, 0.3) is 0 Å². The summed E-state index contributed by atoms with van der Waals surface area (Å²) >= 11 is 0. The first-order valence-corrected chi connectivity index (χ1v) is 9.36. The van der Waals surface area contributed by atoms with Gasteiger partial charge in [0.15, 0.2) is 0 Å². The molecule has 24 heavy (non-hydrogen) atoms. The summed E-state index contributed by atoms with van der Waals surface area (Å²) in [7, 11) is 2.08. The third kappa shape index (κ3) is 3.98. The van der Waals surface area contributed by atoms with Gasteiger partial charge in [0, 0.05) is 31.2 Å². The van der Waals surface area contributed by atoms with Crippen LogP contribution in [-0.4, -0.2) is 54.5 Å². The lowest BCUT2D eigenvalue weighted by Crippen LogP contribution is -2.48. The molecular weight excluding hydrogens is 298 g/mol. The van der Waals surface area contributed by atoms with E-state index in [-0.39, 0.29) is 5.91 Å². The molecule has 2 aliphatic rings. The van der Waals surface area contributed by atoms with E-state index in [1.807, 2.05) is 0 Å². The van der Waals surface area contributed by atoms with E-state index in [4.69, 9.17) is 0 Å². The van der Waals surface area contributed by atoms with E-state index in [0.717, 1.165) is 38.8 Å². The van der Waals surface area contributed by atoms with Crippen LogP contribution < -0.4 is 5.32 Å². The number of nitrogens with one attached hydrogen (secondary N) is 1. The van der Waals surface area contributed by atoms with Gasteiger partial charge in [-0.15, -0.1) is 0 Å². The molecule has 1 heterocycles. The maximum absolute atomic E-state index is 12.4. The van der Waals surface area contributed by atoms with Gasteiger partial charge in [-0.25, -0.2) is 0 Å². The van der Waals surface area contributed by atoms with Gasteiger partial charge in [0.2, 0.25) is 5.91 Å². The first-order valence-electron chi connectivity index (χ1n) is 9.36. The topological polar surface area (TPSA) is 35.6 Å². The molecule has 1 atom stereocenters. The zero-order valence-corrected chi connectivity index (χ0v) is 15.3.